The summed E-state index contributed by atoms with van der Waals surface area (Å²) in [5, 5.41) is 2.68. The summed E-state index contributed by atoms with van der Waals surface area (Å²) in [5.74, 6) is 0.273. The second kappa shape index (κ2) is 6.99. The van der Waals surface area contributed by atoms with E-state index >= 15 is 0 Å². The van der Waals surface area contributed by atoms with Crippen LogP contribution in [0.15, 0.2) is 48.5 Å². The smallest absolute Gasteiger partial charge is 0.332 e. The van der Waals surface area contributed by atoms with E-state index in [0.29, 0.717) is 36.1 Å². The molecule has 0 atom stereocenters. The number of anilines is 2. The average Bonchev–Trinajstić information content (AvgIpc) is 2.97. The van der Waals surface area contributed by atoms with Gasteiger partial charge in [0.15, 0.2) is 11.5 Å². The molecular formula is C19H17N3O5. The number of ether oxygens (including phenoxy) is 2. The first kappa shape index (κ1) is 16.9. The minimum absolute atomic E-state index is 0.0832. The third-order valence-electron chi connectivity index (χ3n) is 4.25. The molecule has 0 aliphatic carbocycles. The lowest BCUT2D eigenvalue weighted by atomic mass is 10.2. The van der Waals surface area contributed by atoms with E-state index in [4.69, 9.17) is 9.47 Å². The molecule has 138 valence electrons. The summed E-state index contributed by atoms with van der Waals surface area (Å²) in [7, 11) is 0. The van der Waals surface area contributed by atoms with Crippen molar-refractivity contribution in [2.45, 2.75) is 0 Å². The Bertz CT molecular complexity index is 899. The number of nitrogens with one attached hydrogen (secondary N) is 1. The first-order chi connectivity index (χ1) is 13.1. The Morgan fingerprint density at radius 2 is 1.74 bits per heavy atom. The van der Waals surface area contributed by atoms with E-state index in [9.17, 15) is 14.4 Å². The highest BCUT2D eigenvalue weighted by Gasteiger charge is 2.37. The third kappa shape index (κ3) is 3.41. The summed E-state index contributed by atoms with van der Waals surface area (Å²) in [4.78, 5) is 39.3. The van der Waals surface area contributed by atoms with Gasteiger partial charge in [-0.3, -0.25) is 19.4 Å². The molecule has 4 rings (SSSR count). The summed E-state index contributed by atoms with van der Waals surface area (Å²) < 4.78 is 10.9. The summed E-state index contributed by atoms with van der Waals surface area (Å²) in [6.45, 7) is 0.488. The highest BCUT2D eigenvalue weighted by Crippen LogP contribution is 2.32. The number of amides is 4. The number of carbonyl (C=O) groups is 3. The van der Waals surface area contributed by atoms with Crippen LogP contribution in [-0.4, -0.2) is 49.0 Å². The summed E-state index contributed by atoms with van der Waals surface area (Å²) in [6, 6.07) is 13.4. The van der Waals surface area contributed by atoms with Crippen LogP contribution in [0.2, 0.25) is 0 Å². The van der Waals surface area contributed by atoms with Gasteiger partial charge in [-0.2, -0.15) is 0 Å². The second-order valence-electron chi connectivity index (χ2n) is 6.09. The molecule has 1 N–H and O–H groups in total. The fourth-order valence-electron chi connectivity index (χ4n) is 2.97. The largest absolute Gasteiger partial charge is 0.486 e. The molecule has 8 heteroatoms. The monoisotopic (exact) mass is 367 g/mol. The number of urea groups is 1. The van der Waals surface area contributed by atoms with Gasteiger partial charge in [0.1, 0.15) is 26.3 Å². The van der Waals surface area contributed by atoms with E-state index in [1.54, 1.807) is 42.5 Å². The maximum Gasteiger partial charge on any atom is 0.332 e. The molecule has 0 spiro atoms. The number of fused-ring (bicyclic) bond motifs is 1. The standard InChI is InChI=1S/C19H17N3O5/c23-17(20-13-6-7-15-16(10-13)27-9-8-26-15)11-22-18(24)12-21(19(22)25)14-4-2-1-3-5-14/h1-7,10H,8-9,11-12H2,(H,20,23). The van der Waals surface area contributed by atoms with E-state index in [-0.39, 0.29) is 13.1 Å². The Morgan fingerprint density at radius 3 is 2.52 bits per heavy atom. The molecule has 2 aliphatic rings. The van der Waals surface area contributed by atoms with Gasteiger partial charge >= 0.3 is 6.03 Å². The van der Waals surface area contributed by atoms with Crippen LogP contribution in [0.5, 0.6) is 11.5 Å². The van der Waals surface area contributed by atoms with Gasteiger partial charge in [0.2, 0.25) is 5.91 Å². The molecule has 2 aromatic carbocycles. The van der Waals surface area contributed by atoms with Crippen molar-refractivity contribution in [2.75, 3.05) is 36.5 Å². The van der Waals surface area contributed by atoms with Gasteiger partial charge in [-0.25, -0.2) is 4.79 Å². The molecule has 0 bridgehead atoms. The summed E-state index contributed by atoms with van der Waals surface area (Å²) >= 11 is 0. The fourth-order valence-corrected chi connectivity index (χ4v) is 2.97. The normalized spacial score (nSPS) is 15.9. The number of hydrogen-bond donors (Lipinski definition) is 1. The lowest BCUT2D eigenvalue weighted by molar-refractivity contribution is -0.128. The molecule has 2 heterocycles. The molecule has 0 radical (unpaired) electrons. The molecule has 0 aromatic heterocycles. The Morgan fingerprint density at radius 1 is 1.00 bits per heavy atom. The zero-order chi connectivity index (χ0) is 18.8. The molecule has 2 aromatic rings. The van der Waals surface area contributed by atoms with Crippen molar-refractivity contribution < 1.29 is 23.9 Å². The molecular weight excluding hydrogens is 350 g/mol. The number of carbonyl (C=O) groups excluding carboxylic acids is 3. The number of hydrogen-bond acceptors (Lipinski definition) is 5. The highest BCUT2D eigenvalue weighted by molar-refractivity contribution is 6.14. The zero-order valence-electron chi connectivity index (χ0n) is 14.4. The second-order valence-corrected chi connectivity index (χ2v) is 6.09. The van der Waals surface area contributed by atoms with E-state index in [0.717, 1.165) is 4.90 Å². The van der Waals surface area contributed by atoms with Crippen LogP contribution in [-0.2, 0) is 9.59 Å². The first-order valence-electron chi connectivity index (χ1n) is 8.48. The number of imide groups is 1. The Labute approximate surface area is 155 Å². The quantitative estimate of drug-likeness (QED) is 0.834. The lowest BCUT2D eigenvalue weighted by Gasteiger charge is -2.19. The number of nitrogens with zero attached hydrogens (tertiary/aromatic N) is 2. The van der Waals surface area contributed by atoms with Gasteiger partial charge in [0.05, 0.1) is 0 Å². The Balaban J connectivity index is 1.42. The van der Waals surface area contributed by atoms with E-state index in [1.165, 1.54) is 4.90 Å². The Kier molecular flexibility index (Phi) is 4.37. The number of para-hydroxylation sites is 1. The van der Waals surface area contributed by atoms with Crippen LogP contribution >= 0.6 is 0 Å². The summed E-state index contributed by atoms with van der Waals surface area (Å²) in [6.07, 6.45) is 0. The van der Waals surface area contributed by atoms with E-state index in [1.807, 2.05) is 6.07 Å². The lowest BCUT2D eigenvalue weighted by Crippen LogP contribution is -2.39. The Hall–Kier alpha value is -3.55. The SMILES string of the molecule is O=C(CN1C(=O)CN(c2ccccc2)C1=O)Nc1ccc2c(c1)OCCO2. The average molecular weight is 367 g/mol. The van der Waals surface area contributed by atoms with Crippen LogP contribution in [0.25, 0.3) is 0 Å². The molecule has 4 amide bonds. The van der Waals surface area contributed by atoms with Gasteiger partial charge in [-0.1, -0.05) is 18.2 Å². The van der Waals surface area contributed by atoms with Gasteiger partial charge in [0.25, 0.3) is 5.91 Å². The van der Waals surface area contributed by atoms with E-state index < -0.39 is 17.8 Å². The van der Waals surface area contributed by atoms with Gasteiger partial charge in [0, 0.05) is 17.4 Å². The van der Waals surface area contributed by atoms with Crippen molar-refractivity contribution in [3.05, 3.63) is 48.5 Å². The van der Waals surface area contributed by atoms with Gasteiger partial charge in [-0.05, 0) is 24.3 Å². The minimum atomic E-state index is -0.511. The zero-order valence-corrected chi connectivity index (χ0v) is 14.4. The topological polar surface area (TPSA) is 88.2 Å². The van der Waals surface area contributed by atoms with Gasteiger partial charge in [-0.15, -0.1) is 0 Å². The molecule has 1 fully saturated rings. The van der Waals surface area contributed by atoms with Crippen LogP contribution in [0, 0.1) is 0 Å². The van der Waals surface area contributed by atoms with Crippen molar-refractivity contribution in [3.63, 3.8) is 0 Å². The van der Waals surface area contributed by atoms with Crippen LogP contribution in [0.1, 0.15) is 0 Å². The van der Waals surface area contributed by atoms with Crippen LogP contribution in [0.4, 0.5) is 16.2 Å². The van der Waals surface area contributed by atoms with Crippen LogP contribution in [0.3, 0.4) is 0 Å². The molecule has 8 nitrogen and oxygen atoms in total. The summed E-state index contributed by atoms with van der Waals surface area (Å²) in [5.41, 5.74) is 1.12. The number of benzene rings is 2. The minimum Gasteiger partial charge on any atom is -0.486 e. The van der Waals surface area contributed by atoms with Crippen LogP contribution < -0.4 is 19.7 Å². The van der Waals surface area contributed by atoms with Crippen molar-refractivity contribution >= 4 is 29.2 Å². The highest BCUT2D eigenvalue weighted by atomic mass is 16.6. The fraction of sp³-hybridized carbons (Fsp3) is 0.211. The van der Waals surface area contributed by atoms with Crippen molar-refractivity contribution in [1.29, 1.82) is 0 Å². The molecule has 0 unspecified atom stereocenters. The first-order valence-corrected chi connectivity index (χ1v) is 8.48. The molecule has 2 aliphatic heterocycles. The van der Waals surface area contributed by atoms with Crippen molar-refractivity contribution in [1.82, 2.24) is 4.90 Å². The maximum atomic E-state index is 12.5. The molecule has 27 heavy (non-hydrogen) atoms. The predicted octanol–water partition coefficient (Wildman–Crippen LogP) is 1.87. The predicted molar refractivity (Wildman–Crippen MR) is 97.0 cm³/mol. The number of rotatable bonds is 4. The molecule has 1 saturated heterocycles. The molecule has 0 saturated carbocycles. The third-order valence-corrected chi connectivity index (χ3v) is 4.25. The van der Waals surface area contributed by atoms with E-state index in [2.05, 4.69) is 5.32 Å². The maximum absolute atomic E-state index is 12.5. The van der Waals surface area contributed by atoms with Gasteiger partial charge < -0.3 is 14.8 Å². The van der Waals surface area contributed by atoms with Crippen molar-refractivity contribution in [3.8, 4) is 11.5 Å². The van der Waals surface area contributed by atoms with Crippen molar-refractivity contribution in [2.24, 2.45) is 0 Å².